The molecule has 0 atom stereocenters. The molecule has 3 aromatic rings. The van der Waals surface area contributed by atoms with Crippen LogP contribution in [0.15, 0.2) is 36.7 Å². The number of hydrogen-bond donors (Lipinski definition) is 1. The number of esters is 1. The molecule has 0 unspecified atom stereocenters. The number of nitrogens with zero attached hydrogens (tertiary/aromatic N) is 3. The standard InChI is InChI=1S/C15H10F2N4O3/c1-24-15(23)8-6-9(16)10(17)7-12(8)19-14(22)11-2-3-13-18-4-5-21(13)20-11/h2-7H,1H3,(H,19,22). The van der Waals surface area contributed by atoms with Crippen LogP contribution in [0.25, 0.3) is 5.65 Å². The Bertz CT molecular complexity index is 955. The van der Waals surface area contributed by atoms with Gasteiger partial charge in [0.1, 0.15) is 5.69 Å². The van der Waals surface area contributed by atoms with E-state index in [4.69, 9.17) is 0 Å². The fourth-order valence-electron chi connectivity index (χ4n) is 2.05. The van der Waals surface area contributed by atoms with Gasteiger partial charge in [0.05, 0.1) is 18.4 Å². The molecule has 0 bridgehead atoms. The molecular weight excluding hydrogens is 322 g/mol. The maximum atomic E-state index is 13.4. The number of carbonyl (C=O) groups is 2. The zero-order valence-electron chi connectivity index (χ0n) is 12.3. The molecule has 0 aliphatic rings. The van der Waals surface area contributed by atoms with Crippen LogP contribution < -0.4 is 5.32 Å². The molecule has 0 fully saturated rings. The lowest BCUT2D eigenvalue weighted by atomic mass is 10.1. The summed E-state index contributed by atoms with van der Waals surface area (Å²) in [6, 6.07) is 4.34. The minimum Gasteiger partial charge on any atom is -0.465 e. The quantitative estimate of drug-likeness (QED) is 0.742. The summed E-state index contributed by atoms with van der Waals surface area (Å²) in [5.41, 5.74) is 0.00223. The van der Waals surface area contributed by atoms with Gasteiger partial charge in [-0.05, 0) is 18.2 Å². The summed E-state index contributed by atoms with van der Waals surface area (Å²) >= 11 is 0. The second kappa shape index (κ2) is 6.03. The fraction of sp³-hybridized carbons (Fsp3) is 0.0667. The molecule has 9 heteroatoms. The van der Waals surface area contributed by atoms with Gasteiger partial charge < -0.3 is 10.1 Å². The predicted octanol–water partition coefficient (Wildman–Crippen LogP) is 2.05. The van der Waals surface area contributed by atoms with Crippen LogP contribution in [0.1, 0.15) is 20.8 Å². The number of methoxy groups -OCH3 is 1. The van der Waals surface area contributed by atoms with Gasteiger partial charge in [0.2, 0.25) is 0 Å². The molecule has 7 nitrogen and oxygen atoms in total. The van der Waals surface area contributed by atoms with Crippen LogP contribution in [-0.4, -0.2) is 33.6 Å². The summed E-state index contributed by atoms with van der Waals surface area (Å²) < 4.78 is 32.7. The number of hydrogen-bond acceptors (Lipinski definition) is 5. The molecule has 1 amide bonds. The Morgan fingerprint density at radius 2 is 1.96 bits per heavy atom. The van der Waals surface area contributed by atoms with Gasteiger partial charge in [-0.1, -0.05) is 0 Å². The van der Waals surface area contributed by atoms with Gasteiger partial charge in [0.25, 0.3) is 5.91 Å². The van der Waals surface area contributed by atoms with E-state index in [0.717, 1.165) is 7.11 Å². The Morgan fingerprint density at radius 3 is 2.71 bits per heavy atom. The van der Waals surface area contributed by atoms with Gasteiger partial charge in [-0.15, -0.1) is 0 Å². The van der Waals surface area contributed by atoms with E-state index in [-0.39, 0.29) is 16.9 Å². The van der Waals surface area contributed by atoms with Crippen LogP contribution in [0.4, 0.5) is 14.5 Å². The first kappa shape index (κ1) is 15.5. The number of imidazole rings is 1. The van der Waals surface area contributed by atoms with Crippen molar-refractivity contribution >= 4 is 23.2 Å². The van der Waals surface area contributed by atoms with Crippen molar-refractivity contribution in [1.82, 2.24) is 14.6 Å². The van der Waals surface area contributed by atoms with Crippen molar-refractivity contribution < 1.29 is 23.1 Å². The molecule has 1 aromatic carbocycles. The van der Waals surface area contributed by atoms with Crippen molar-refractivity contribution in [2.75, 3.05) is 12.4 Å². The average Bonchev–Trinajstić information content (AvgIpc) is 3.04. The van der Waals surface area contributed by atoms with Crippen molar-refractivity contribution in [2.24, 2.45) is 0 Å². The van der Waals surface area contributed by atoms with Gasteiger partial charge in [-0.2, -0.15) is 5.10 Å². The first-order valence-electron chi connectivity index (χ1n) is 6.68. The monoisotopic (exact) mass is 332 g/mol. The fourth-order valence-corrected chi connectivity index (χ4v) is 2.05. The number of amides is 1. The highest BCUT2D eigenvalue weighted by atomic mass is 19.2. The maximum Gasteiger partial charge on any atom is 0.340 e. The van der Waals surface area contributed by atoms with Gasteiger partial charge in [-0.25, -0.2) is 23.1 Å². The molecule has 122 valence electrons. The van der Waals surface area contributed by atoms with Crippen LogP contribution in [0, 0.1) is 11.6 Å². The van der Waals surface area contributed by atoms with E-state index in [1.807, 2.05) is 0 Å². The lowest BCUT2D eigenvalue weighted by molar-refractivity contribution is 0.0601. The molecular formula is C15H10F2N4O3. The topological polar surface area (TPSA) is 85.6 Å². The van der Waals surface area contributed by atoms with E-state index >= 15 is 0 Å². The number of benzene rings is 1. The third-order valence-corrected chi connectivity index (χ3v) is 3.20. The van der Waals surface area contributed by atoms with Crippen LogP contribution in [-0.2, 0) is 4.74 Å². The second-order valence-corrected chi connectivity index (χ2v) is 4.71. The Balaban J connectivity index is 1.96. The van der Waals surface area contributed by atoms with Gasteiger partial charge >= 0.3 is 5.97 Å². The van der Waals surface area contributed by atoms with Crippen LogP contribution in [0.2, 0.25) is 0 Å². The Kier molecular flexibility index (Phi) is 3.90. The highest BCUT2D eigenvalue weighted by Crippen LogP contribution is 2.21. The second-order valence-electron chi connectivity index (χ2n) is 4.71. The largest absolute Gasteiger partial charge is 0.465 e. The highest BCUT2D eigenvalue weighted by Gasteiger charge is 2.19. The molecule has 0 saturated carbocycles. The summed E-state index contributed by atoms with van der Waals surface area (Å²) in [5, 5.41) is 6.35. The number of aromatic nitrogens is 3. The van der Waals surface area contributed by atoms with Crippen LogP contribution in [0.5, 0.6) is 0 Å². The van der Waals surface area contributed by atoms with Gasteiger partial charge in [-0.3, -0.25) is 4.79 Å². The van der Waals surface area contributed by atoms with Crippen molar-refractivity contribution in [1.29, 1.82) is 0 Å². The van der Waals surface area contributed by atoms with Gasteiger partial charge in [0.15, 0.2) is 17.3 Å². The van der Waals surface area contributed by atoms with E-state index in [9.17, 15) is 18.4 Å². The van der Waals surface area contributed by atoms with Crippen molar-refractivity contribution in [3.63, 3.8) is 0 Å². The normalized spacial score (nSPS) is 10.6. The highest BCUT2D eigenvalue weighted by molar-refractivity contribution is 6.07. The number of ether oxygens (including phenoxy) is 1. The van der Waals surface area contributed by atoms with E-state index in [1.54, 1.807) is 12.3 Å². The third kappa shape index (κ3) is 2.78. The molecule has 0 radical (unpaired) electrons. The first-order chi connectivity index (χ1) is 11.5. The number of anilines is 1. The molecule has 2 aromatic heterocycles. The molecule has 0 spiro atoms. The first-order valence-corrected chi connectivity index (χ1v) is 6.68. The Morgan fingerprint density at radius 1 is 1.21 bits per heavy atom. The predicted molar refractivity (Wildman–Crippen MR) is 78.6 cm³/mol. The Labute approximate surface area is 133 Å². The molecule has 2 heterocycles. The zero-order chi connectivity index (χ0) is 17.3. The maximum absolute atomic E-state index is 13.4. The van der Waals surface area contributed by atoms with E-state index in [2.05, 4.69) is 20.1 Å². The van der Waals surface area contributed by atoms with E-state index < -0.39 is 23.5 Å². The lowest BCUT2D eigenvalue weighted by Crippen LogP contribution is -2.18. The zero-order valence-corrected chi connectivity index (χ0v) is 12.3. The Hall–Kier alpha value is -3.36. The SMILES string of the molecule is COC(=O)c1cc(F)c(F)cc1NC(=O)c1ccc2nccn2n1. The average molecular weight is 332 g/mol. The summed E-state index contributed by atoms with van der Waals surface area (Å²) in [6.07, 6.45) is 3.05. The smallest absolute Gasteiger partial charge is 0.340 e. The summed E-state index contributed by atoms with van der Waals surface area (Å²) in [7, 11) is 1.09. The van der Waals surface area contributed by atoms with Crippen molar-refractivity contribution in [3.05, 3.63) is 59.6 Å². The number of fused-ring (bicyclic) bond motifs is 1. The van der Waals surface area contributed by atoms with Gasteiger partial charge in [0, 0.05) is 18.5 Å². The van der Waals surface area contributed by atoms with Crippen molar-refractivity contribution in [3.8, 4) is 0 Å². The molecule has 3 rings (SSSR count). The summed E-state index contributed by atoms with van der Waals surface area (Å²) in [6.45, 7) is 0. The molecule has 0 aliphatic heterocycles. The third-order valence-electron chi connectivity index (χ3n) is 3.20. The summed E-state index contributed by atoms with van der Waals surface area (Å²) in [4.78, 5) is 27.9. The molecule has 24 heavy (non-hydrogen) atoms. The molecule has 0 aliphatic carbocycles. The van der Waals surface area contributed by atoms with E-state index in [1.165, 1.54) is 16.8 Å². The van der Waals surface area contributed by atoms with E-state index in [0.29, 0.717) is 17.8 Å². The van der Waals surface area contributed by atoms with Crippen LogP contribution in [0.3, 0.4) is 0 Å². The minimum absolute atomic E-state index is 0.000971. The number of carbonyl (C=O) groups excluding carboxylic acids is 2. The number of halogens is 2. The van der Waals surface area contributed by atoms with Crippen LogP contribution >= 0.6 is 0 Å². The number of rotatable bonds is 3. The lowest BCUT2D eigenvalue weighted by Gasteiger charge is -2.10. The minimum atomic E-state index is -1.23. The molecule has 0 saturated heterocycles. The summed E-state index contributed by atoms with van der Waals surface area (Å²) in [5.74, 6) is -4.06. The molecule has 1 N–H and O–H groups in total. The van der Waals surface area contributed by atoms with Crippen molar-refractivity contribution in [2.45, 2.75) is 0 Å². The number of nitrogens with one attached hydrogen (secondary N) is 1.